The molecule has 0 aromatic heterocycles. The quantitative estimate of drug-likeness (QED) is 0.630. The zero-order valence-electron chi connectivity index (χ0n) is 8.01. The molecule has 2 aliphatic rings. The first-order chi connectivity index (χ1) is 6.30. The van der Waals surface area contributed by atoms with E-state index in [-0.39, 0.29) is 0 Å². The average Bonchev–Trinajstić information content (AvgIpc) is 2.84. The number of piperidine rings is 1. The molecule has 1 N–H and O–H groups in total. The highest BCUT2D eigenvalue weighted by atomic mass is 127. The summed E-state index contributed by atoms with van der Waals surface area (Å²) in [6.45, 7) is 4.20. The van der Waals surface area contributed by atoms with Gasteiger partial charge >= 0.3 is 0 Å². The van der Waals surface area contributed by atoms with E-state index in [2.05, 4.69) is 27.5 Å². The molecule has 0 bridgehead atoms. The summed E-state index contributed by atoms with van der Waals surface area (Å²) in [6.07, 6.45) is 3.95. The maximum Gasteiger partial charge on any atom is 0.0464 e. The van der Waals surface area contributed by atoms with Crippen molar-refractivity contribution in [2.45, 2.75) is 19.3 Å². The fraction of sp³-hybridized carbons (Fsp3) is 1.00. The second kappa shape index (κ2) is 4.03. The van der Waals surface area contributed by atoms with Crippen molar-refractivity contribution >= 4 is 22.6 Å². The lowest BCUT2D eigenvalue weighted by atomic mass is 9.91. The van der Waals surface area contributed by atoms with Gasteiger partial charge in [0.15, 0.2) is 0 Å². The lowest BCUT2D eigenvalue weighted by Gasteiger charge is -2.32. The van der Waals surface area contributed by atoms with Gasteiger partial charge in [-0.15, -0.1) is 0 Å². The lowest BCUT2D eigenvalue weighted by Crippen LogP contribution is -2.36. The van der Waals surface area contributed by atoms with Gasteiger partial charge in [-0.25, -0.2) is 0 Å². The highest BCUT2D eigenvalue weighted by Gasteiger charge is 2.53. The van der Waals surface area contributed by atoms with Crippen molar-refractivity contribution in [1.82, 2.24) is 4.90 Å². The summed E-state index contributed by atoms with van der Waals surface area (Å²) in [4.78, 5) is 2.56. The number of hydrogen-bond acceptors (Lipinski definition) is 2. The molecule has 1 saturated carbocycles. The van der Waals surface area contributed by atoms with Crippen LogP contribution >= 0.6 is 22.6 Å². The number of rotatable bonds is 3. The topological polar surface area (TPSA) is 23.5 Å². The maximum absolute atomic E-state index is 9.08. The van der Waals surface area contributed by atoms with Crippen LogP contribution in [-0.2, 0) is 0 Å². The number of hydrogen-bond donors (Lipinski definition) is 1. The average molecular weight is 295 g/mol. The van der Waals surface area contributed by atoms with Crippen LogP contribution in [0.4, 0.5) is 0 Å². The molecule has 0 aromatic carbocycles. The molecule has 1 aliphatic carbocycles. The van der Waals surface area contributed by atoms with Gasteiger partial charge in [0, 0.05) is 17.6 Å². The van der Waals surface area contributed by atoms with Crippen molar-refractivity contribution in [2.24, 2.45) is 11.3 Å². The molecule has 13 heavy (non-hydrogen) atoms. The molecule has 1 aliphatic heterocycles. The summed E-state index contributed by atoms with van der Waals surface area (Å²) in [5, 5.41) is 9.08. The van der Waals surface area contributed by atoms with Crippen LogP contribution in [0.15, 0.2) is 0 Å². The fourth-order valence-corrected chi connectivity index (χ4v) is 3.33. The van der Waals surface area contributed by atoms with Crippen LogP contribution in [0.1, 0.15) is 19.3 Å². The van der Waals surface area contributed by atoms with Crippen molar-refractivity contribution in [2.75, 3.05) is 30.7 Å². The van der Waals surface area contributed by atoms with Crippen LogP contribution in [0.5, 0.6) is 0 Å². The third-order valence-electron chi connectivity index (χ3n) is 3.83. The Morgan fingerprint density at radius 1 is 1.38 bits per heavy atom. The number of halogens is 1. The minimum Gasteiger partial charge on any atom is -0.396 e. The Morgan fingerprint density at radius 2 is 2.08 bits per heavy atom. The molecule has 1 spiro atoms. The van der Waals surface area contributed by atoms with E-state index in [9.17, 15) is 0 Å². The second-order valence-electron chi connectivity index (χ2n) is 4.48. The molecule has 1 atom stereocenters. The van der Waals surface area contributed by atoms with Crippen LogP contribution in [0.2, 0.25) is 0 Å². The Bertz CT molecular complexity index is 178. The Kier molecular flexibility index (Phi) is 3.15. The van der Waals surface area contributed by atoms with Gasteiger partial charge < -0.3 is 10.0 Å². The minimum atomic E-state index is 0.423. The van der Waals surface area contributed by atoms with Gasteiger partial charge in [0.2, 0.25) is 0 Å². The first kappa shape index (κ1) is 10.2. The number of nitrogens with zero attached hydrogens (tertiary/aromatic N) is 1. The van der Waals surface area contributed by atoms with Crippen molar-refractivity contribution in [3.63, 3.8) is 0 Å². The molecule has 2 nitrogen and oxygen atoms in total. The normalized spacial score (nSPS) is 32.3. The molecule has 76 valence electrons. The van der Waals surface area contributed by atoms with E-state index >= 15 is 0 Å². The standard InChI is InChI=1S/C10H18INO/c11-3-6-12-4-1-10(2-5-12)7-9(10)8-13/h9,13H,1-8H2. The molecule has 2 rings (SSSR count). The smallest absolute Gasteiger partial charge is 0.0464 e. The number of aliphatic hydroxyl groups excluding tert-OH is 1. The molecule has 2 fully saturated rings. The highest BCUT2D eigenvalue weighted by Crippen LogP contribution is 2.58. The largest absolute Gasteiger partial charge is 0.396 e. The van der Waals surface area contributed by atoms with Gasteiger partial charge in [0.25, 0.3) is 0 Å². The van der Waals surface area contributed by atoms with Crippen LogP contribution in [-0.4, -0.2) is 40.7 Å². The SMILES string of the molecule is OCC1CC12CCN(CCI)CC2. The number of likely N-dealkylation sites (tertiary alicyclic amines) is 1. The second-order valence-corrected chi connectivity index (χ2v) is 5.56. The molecule has 0 aromatic rings. The molecule has 1 saturated heterocycles. The molecule has 3 heteroatoms. The predicted octanol–water partition coefficient (Wildman–Crippen LogP) is 1.52. The monoisotopic (exact) mass is 295 g/mol. The van der Waals surface area contributed by atoms with E-state index < -0.39 is 0 Å². The van der Waals surface area contributed by atoms with E-state index in [0.29, 0.717) is 17.9 Å². The molecule has 1 unspecified atom stereocenters. The Balaban J connectivity index is 1.77. The molecular weight excluding hydrogens is 277 g/mol. The zero-order valence-corrected chi connectivity index (χ0v) is 10.2. The maximum atomic E-state index is 9.08. The highest BCUT2D eigenvalue weighted by molar-refractivity contribution is 14.1. The first-order valence-corrected chi connectivity index (χ1v) is 6.72. The van der Waals surface area contributed by atoms with Crippen LogP contribution < -0.4 is 0 Å². The van der Waals surface area contributed by atoms with Gasteiger partial charge in [-0.1, -0.05) is 22.6 Å². The predicted molar refractivity (Wildman–Crippen MR) is 62.2 cm³/mol. The van der Waals surface area contributed by atoms with E-state index in [1.165, 1.54) is 43.3 Å². The van der Waals surface area contributed by atoms with E-state index in [1.54, 1.807) is 0 Å². The molecule has 1 heterocycles. The third-order valence-corrected chi connectivity index (χ3v) is 4.31. The van der Waals surface area contributed by atoms with Gasteiger partial charge in [0.05, 0.1) is 0 Å². The number of alkyl halides is 1. The number of aliphatic hydroxyl groups is 1. The van der Waals surface area contributed by atoms with Crippen molar-refractivity contribution in [1.29, 1.82) is 0 Å². The van der Waals surface area contributed by atoms with Gasteiger partial charge in [-0.3, -0.25) is 0 Å². The van der Waals surface area contributed by atoms with Crippen molar-refractivity contribution < 1.29 is 5.11 Å². The van der Waals surface area contributed by atoms with Crippen LogP contribution in [0.3, 0.4) is 0 Å². The first-order valence-electron chi connectivity index (χ1n) is 5.20. The summed E-state index contributed by atoms with van der Waals surface area (Å²) in [6, 6.07) is 0. The summed E-state index contributed by atoms with van der Waals surface area (Å²) in [5.74, 6) is 0.647. The van der Waals surface area contributed by atoms with E-state index in [1.807, 2.05) is 0 Å². The van der Waals surface area contributed by atoms with Gasteiger partial charge in [0.1, 0.15) is 0 Å². The summed E-state index contributed by atoms with van der Waals surface area (Å²) < 4.78 is 1.24. The van der Waals surface area contributed by atoms with E-state index in [4.69, 9.17) is 5.11 Å². The van der Waals surface area contributed by atoms with Gasteiger partial charge in [-0.2, -0.15) is 0 Å². The molecule has 0 radical (unpaired) electrons. The molecular formula is C10H18INO. The third kappa shape index (κ3) is 2.02. The summed E-state index contributed by atoms with van der Waals surface area (Å²) >= 11 is 2.44. The van der Waals surface area contributed by atoms with Crippen molar-refractivity contribution in [3.8, 4) is 0 Å². The minimum absolute atomic E-state index is 0.423. The zero-order chi connectivity index (χ0) is 9.31. The van der Waals surface area contributed by atoms with Gasteiger partial charge in [-0.05, 0) is 43.7 Å². The fourth-order valence-electron chi connectivity index (χ4n) is 2.64. The Hall–Kier alpha value is 0.650. The van der Waals surface area contributed by atoms with Crippen LogP contribution in [0.25, 0.3) is 0 Å². The van der Waals surface area contributed by atoms with Crippen molar-refractivity contribution in [3.05, 3.63) is 0 Å². The Morgan fingerprint density at radius 3 is 2.54 bits per heavy atom. The molecule has 0 amide bonds. The van der Waals surface area contributed by atoms with E-state index in [0.717, 1.165) is 0 Å². The Labute approximate surface area is 93.8 Å². The van der Waals surface area contributed by atoms with Crippen LogP contribution in [0, 0.1) is 11.3 Å². The lowest BCUT2D eigenvalue weighted by molar-refractivity contribution is 0.154. The summed E-state index contributed by atoms with van der Waals surface area (Å²) in [7, 11) is 0. The summed E-state index contributed by atoms with van der Waals surface area (Å²) in [5.41, 5.74) is 0.580.